The fourth-order valence-corrected chi connectivity index (χ4v) is 2.08. The molecule has 2 heterocycles. The van der Waals surface area contributed by atoms with Gasteiger partial charge in [-0.3, -0.25) is 9.59 Å². The average Bonchev–Trinajstić information content (AvgIpc) is 3.14. The molecular weight excluding hydrogens is 288 g/mol. The SMILES string of the molecule is COc1ccc2c(NC(=O)c3ccco3)c(C(N)=O)oc2c1. The number of nitrogens with one attached hydrogen (secondary N) is 1. The van der Waals surface area contributed by atoms with Crippen LogP contribution in [0.5, 0.6) is 5.75 Å². The van der Waals surface area contributed by atoms with Gasteiger partial charge in [0.1, 0.15) is 17.0 Å². The summed E-state index contributed by atoms with van der Waals surface area (Å²) in [6.07, 6.45) is 1.38. The first-order chi connectivity index (χ1) is 10.6. The lowest BCUT2D eigenvalue weighted by Gasteiger charge is -2.03. The largest absolute Gasteiger partial charge is 0.497 e. The maximum Gasteiger partial charge on any atom is 0.291 e. The van der Waals surface area contributed by atoms with Gasteiger partial charge in [0.05, 0.1) is 13.4 Å². The van der Waals surface area contributed by atoms with Gasteiger partial charge in [-0.1, -0.05) is 0 Å². The summed E-state index contributed by atoms with van der Waals surface area (Å²) in [5, 5.41) is 3.12. The number of methoxy groups -OCH3 is 1. The highest BCUT2D eigenvalue weighted by molar-refractivity contribution is 6.13. The van der Waals surface area contributed by atoms with E-state index in [1.54, 1.807) is 24.3 Å². The van der Waals surface area contributed by atoms with E-state index in [9.17, 15) is 9.59 Å². The molecule has 3 N–H and O–H groups in total. The smallest absolute Gasteiger partial charge is 0.291 e. The van der Waals surface area contributed by atoms with Gasteiger partial charge in [0.15, 0.2) is 5.76 Å². The number of primary amides is 1. The Kier molecular flexibility index (Phi) is 3.30. The number of hydrogen-bond acceptors (Lipinski definition) is 5. The van der Waals surface area contributed by atoms with E-state index in [0.717, 1.165) is 0 Å². The molecule has 3 aromatic rings. The number of hydrogen-bond donors (Lipinski definition) is 2. The molecule has 2 aromatic heterocycles. The lowest BCUT2D eigenvalue weighted by molar-refractivity contribution is 0.0977. The third-order valence-corrected chi connectivity index (χ3v) is 3.10. The van der Waals surface area contributed by atoms with Crippen LogP contribution in [0.2, 0.25) is 0 Å². The summed E-state index contributed by atoms with van der Waals surface area (Å²) < 4.78 is 15.5. The maximum atomic E-state index is 12.1. The molecule has 0 fully saturated rings. The zero-order chi connectivity index (χ0) is 15.7. The van der Waals surface area contributed by atoms with E-state index in [2.05, 4.69) is 5.32 Å². The Bertz CT molecular complexity index is 848. The highest BCUT2D eigenvalue weighted by atomic mass is 16.5. The van der Waals surface area contributed by atoms with E-state index in [1.165, 1.54) is 19.4 Å². The standard InChI is InChI=1S/C15H12N2O5/c1-20-8-4-5-9-11(7-8)22-13(14(16)18)12(9)17-15(19)10-3-2-6-21-10/h2-7H,1H3,(H2,16,18)(H,17,19). The van der Waals surface area contributed by atoms with Crippen LogP contribution < -0.4 is 15.8 Å². The quantitative estimate of drug-likeness (QED) is 0.769. The van der Waals surface area contributed by atoms with Gasteiger partial charge in [-0.15, -0.1) is 0 Å². The summed E-state index contributed by atoms with van der Waals surface area (Å²) in [7, 11) is 1.51. The lowest BCUT2D eigenvalue weighted by Crippen LogP contribution is -2.16. The van der Waals surface area contributed by atoms with E-state index in [0.29, 0.717) is 16.7 Å². The molecule has 112 valence electrons. The van der Waals surface area contributed by atoms with Crippen LogP contribution in [0.4, 0.5) is 5.69 Å². The second-order valence-electron chi connectivity index (χ2n) is 4.46. The highest BCUT2D eigenvalue weighted by Crippen LogP contribution is 2.33. The van der Waals surface area contributed by atoms with E-state index in [-0.39, 0.29) is 17.2 Å². The Morgan fingerprint density at radius 2 is 2.09 bits per heavy atom. The number of ether oxygens (including phenoxy) is 1. The van der Waals surface area contributed by atoms with Crippen molar-refractivity contribution in [1.29, 1.82) is 0 Å². The summed E-state index contributed by atoms with van der Waals surface area (Å²) in [5.41, 5.74) is 5.88. The number of amides is 2. The zero-order valence-electron chi connectivity index (χ0n) is 11.6. The van der Waals surface area contributed by atoms with Crippen LogP contribution in [-0.4, -0.2) is 18.9 Å². The van der Waals surface area contributed by atoms with Crippen LogP contribution in [0.3, 0.4) is 0 Å². The van der Waals surface area contributed by atoms with Crippen molar-refractivity contribution >= 4 is 28.5 Å². The molecule has 7 heteroatoms. The lowest BCUT2D eigenvalue weighted by atomic mass is 10.2. The second-order valence-corrected chi connectivity index (χ2v) is 4.46. The molecule has 0 saturated carbocycles. The summed E-state index contributed by atoms with van der Waals surface area (Å²) in [5.74, 6) is -0.765. The van der Waals surface area contributed by atoms with E-state index >= 15 is 0 Å². The van der Waals surface area contributed by atoms with Crippen LogP contribution in [0.1, 0.15) is 21.1 Å². The van der Waals surface area contributed by atoms with Crippen molar-refractivity contribution in [3.63, 3.8) is 0 Å². The fourth-order valence-electron chi connectivity index (χ4n) is 2.08. The third-order valence-electron chi connectivity index (χ3n) is 3.10. The third kappa shape index (κ3) is 2.28. The summed E-state index contributed by atoms with van der Waals surface area (Å²) in [6.45, 7) is 0. The average molecular weight is 300 g/mol. The molecule has 7 nitrogen and oxygen atoms in total. The van der Waals surface area contributed by atoms with Crippen molar-refractivity contribution in [1.82, 2.24) is 0 Å². The van der Waals surface area contributed by atoms with Crippen molar-refractivity contribution in [2.75, 3.05) is 12.4 Å². The normalized spacial score (nSPS) is 10.6. The van der Waals surface area contributed by atoms with Gasteiger partial charge >= 0.3 is 0 Å². The molecule has 0 aliphatic heterocycles. The molecule has 0 unspecified atom stereocenters. The molecule has 0 atom stereocenters. The molecule has 3 rings (SSSR count). The molecular formula is C15H12N2O5. The van der Waals surface area contributed by atoms with Gasteiger partial charge < -0.3 is 24.6 Å². The monoisotopic (exact) mass is 300 g/mol. The van der Waals surface area contributed by atoms with Crippen LogP contribution >= 0.6 is 0 Å². The minimum Gasteiger partial charge on any atom is -0.497 e. The predicted molar refractivity (Wildman–Crippen MR) is 77.9 cm³/mol. The topological polar surface area (TPSA) is 108 Å². The van der Waals surface area contributed by atoms with E-state index < -0.39 is 11.8 Å². The van der Waals surface area contributed by atoms with E-state index in [1.807, 2.05) is 0 Å². The van der Waals surface area contributed by atoms with Gasteiger partial charge in [-0.25, -0.2) is 0 Å². The number of carbonyl (C=O) groups excluding carboxylic acids is 2. The van der Waals surface area contributed by atoms with Crippen LogP contribution in [0.15, 0.2) is 45.4 Å². The fraction of sp³-hybridized carbons (Fsp3) is 0.0667. The van der Waals surface area contributed by atoms with Crippen molar-refractivity contribution in [2.24, 2.45) is 5.73 Å². The first-order valence-corrected chi connectivity index (χ1v) is 6.35. The minimum atomic E-state index is -0.787. The molecule has 0 radical (unpaired) electrons. The zero-order valence-corrected chi connectivity index (χ0v) is 11.6. The van der Waals surface area contributed by atoms with Crippen LogP contribution in [0, 0.1) is 0 Å². The first kappa shape index (κ1) is 13.7. The predicted octanol–water partition coefficient (Wildman–Crippen LogP) is 2.39. The molecule has 22 heavy (non-hydrogen) atoms. The van der Waals surface area contributed by atoms with Crippen LogP contribution in [-0.2, 0) is 0 Å². The Hall–Kier alpha value is -3.22. The number of nitrogens with two attached hydrogens (primary N) is 1. The summed E-state index contributed by atoms with van der Waals surface area (Å²) in [6, 6.07) is 8.05. The molecule has 2 amide bonds. The molecule has 0 aliphatic carbocycles. The van der Waals surface area contributed by atoms with Gasteiger partial charge in [-0.05, 0) is 24.3 Å². The second kappa shape index (κ2) is 5.28. The number of rotatable bonds is 4. The highest BCUT2D eigenvalue weighted by Gasteiger charge is 2.22. The van der Waals surface area contributed by atoms with E-state index in [4.69, 9.17) is 19.3 Å². The van der Waals surface area contributed by atoms with Gasteiger partial charge in [0, 0.05) is 11.5 Å². The number of carbonyl (C=O) groups is 2. The Morgan fingerprint density at radius 1 is 1.27 bits per heavy atom. The molecule has 1 aromatic carbocycles. The summed E-state index contributed by atoms with van der Waals surface area (Å²) >= 11 is 0. The van der Waals surface area contributed by atoms with Gasteiger partial charge in [0.25, 0.3) is 11.8 Å². The minimum absolute atomic E-state index is 0.110. The van der Waals surface area contributed by atoms with Crippen molar-refractivity contribution in [2.45, 2.75) is 0 Å². The Labute approximate surface area is 124 Å². The summed E-state index contributed by atoms with van der Waals surface area (Å²) in [4.78, 5) is 23.6. The van der Waals surface area contributed by atoms with Crippen molar-refractivity contribution in [3.05, 3.63) is 48.1 Å². The molecule has 0 bridgehead atoms. The maximum absolute atomic E-state index is 12.1. The first-order valence-electron chi connectivity index (χ1n) is 6.35. The van der Waals surface area contributed by atoms with Crippen LogP contribution in [0.25, 0.3) is 11.0 Å². The Balaban J connectivity index is 2.08. The van der Waals surface area contributed by atoms with Crippen molar-refractivity contribution < 1.29 is 23.2 Å². The van der Waals surface area contributed by atoms with Crippen molar-refractivity contribution in [3.8, 4) is 5.75 Å². The molecule has 0 aliphatic rings. The molecule has 0 saturated heterocycles. The van der Waals surface area contributed by atoms with Gasteiger partial charge in [0.2, 0.25) is 5.76 Å². The number of anilines is 1. The molecule has 0 spiro atoms. The number of benzene rings is 1. The number of fused-ring (bicyclic) bond motifs is 1. The number of furan rings is 2. The Morgan fingerprint density at radius 3 is 2.73 bits per heavy atom. The van der Waals surface area contributed by atoms with Gasteiger partial charge in [-0.2, -0.15) is 0 Å².